The zero-order chi connectivity index (χ0) is 21.7. The first-order valence-corrected chi connectivity index (χ1v) is 10.8. The van der Waals surface area contributed by atoms with Gasteiger partial charge in [0.2, 0.25) is 0 Å². The van der Waals surface area contributed by atoms with E-state index in [0.29, 0.717) is 11.7 Å². The first kappa shape index (κ1) is 22.6. The first-order valence-electron chi connectivity index (χ1n) is 9.40. The van der Waals surface area contributed by atoms with Crippen LogP contribution in [0.2, 0.25) is 0 Å². The Hall–Kier alpha value is -1.70. The molecule has 6 nitrogen and oxygen atoms in total. The molecule has 2 atom stereocenters. The van der Waals surface area contributed by atoms with Gasteiger partial charge in [-0.1, -0.05) is 20.8 Å². The summed E-state index contributed by atoms with van der Waals surface area (Å²) in [5, 5.41) is 3.27. The molecule has 2 saturated carbocycles. The number of allylic oxidation sites excluding steroid dienone is 1. The standard InChI is InChI=1S/C21H29NO.H2O4S/c1-12-10-18(22-7)14(3)13(2)15(12)11-16-17-8-9-21(6,19(16)23)20(17,4)5;1-5(2,3)4/h10-11,17,22H,8-9H2,1-7H3;(H2,1,2,3,4). The van der Waals surface area contributed by atoms with Gasteiger partial charge in [-0.2, -0.15) is 8.42 Å². The molecule has 0 aromatic heterocycles. The second-order valence-electron chi connectivity index (χ2n) is 8.68. The number of hydrogen-bond acceptors (Lipinski definition) is 4. The van der Waals surface area contributed by atoms with Crippen LogP contribution in [0.5, 0.6) is 0 Å². The molecule has 0 heterocycles. The quantitative estimate of drug-likeness (QED) is 0.494. The number of rotatable bonds is 2. The minimum atomic E-state index is -4.67. The highest BCUT2D eigenvalue weighted by atomic mass is 32.3. The molecule has 1 aromatic rings. The molecule has 2 aliphatic carbocycles. The van der Waals surface area contributed by atoms with Gasteiger partial charge in [0.25, 0.3) is 0 Å². The van der Waals surface area contributed by atoms with Gasteiger partial charge in [0.05, 0.1) is 0 Å². The van der Waals surface area contributed by atoms with Gasteiger partial charge in [-0.05, 0) is 84.9 Å². The lowest BCUT2D eigenvalue weighted by Gasteiger charge is -2.31. The summed E-state index contributed by atoms with van der Waals surface area (Å²) in [4.78, 5) is 13.1. The maximum atomic E-state index is 13.1. The molecule has 0 spiro atoms. The van der Waals surface area contributed by atoms with Crippen molar-refractivity contribution in [2.75, 3.05) is 12.4 Å². The van der Waals surface area contributed by atoms with Crippen LogP contribution in [-0.4, -0.2) is 30.4 Å². The Bertz CT molecular complexity index is 938. The Kier molecular flexibility index (Phi) is 5.87. The lowest BCUT2D eigenvalue weighted by atomic mass is 9.70. The number of carbonyl (C=O) groups is 1. The summed E-state index contributed by atoms with van der Waals surface area (Å²) >= 11 is 0. The summed E-state index contributed by atoms with van der Waals surface area (Å²) in [6, 6.07) is 2.19. The van der Waals surface area contributed by atoms with Crippen LogP contribution in [0.25, 0.3) is 6.08 Å². The number of hydrogen-bond donors (Lipinski definition) is 3. The molecule has 0 aliphatic heterocycles. The van der Waals surface area contributed by atoms with E-state index in [-0.39, 0.29) is 10.8 Å². The van der Waals surface area contributed by atoms with Crippen molar-refractivity contribution in [3.63, 3.8) is 0 Å². The van der Waals surface area contributed by atoms with Gasteiger partial charge in [0.15, 0.2) is 5.78 Å². The van der Waals surface area contributed by atoms with Gasteiger partial charge in [0, 0.05) is 18.2 Å². The maximum Gasteiger partial charge on any atom is 0.394 e. The summed E-state index contributed by atoms with van der Waals surface area (Å²) in [6.45, 7) is 13.2. The summed E-state index contributed by atoms with van der Waals surface area (Å²) < 4.78 is 31.6. The van der Waals surface area contributed by atoms with Crippen LogP contribution in [-0.2, 0) is 15.2 Å². The molecule has 0 amide bonds. The number of ketones is 1. The predicted octanol–water partition coefficient (Wildman–Crippen LogP) is 4.41. The number of anilines is 1. The van der Waals surface area contributed by atoms with Gasteiger partial charge >= 0.3 is 10.4 Å². The van der Waals surface area contributed by atoms with Crippen LogP contribution in [0.3, 0.4) is 0 Å². The molecule has 2 aliphatic rings. The topological polar surface area (TPSA) is 104 Å². The Labute approximate surface area is 168 Å². The fraction of sp³-hybridized carbons (Fsp3) is 0.571. The second-order valence-corrected chi connectivity index (χ2v) is 9.57. The summed E-state index contributed by atoms with van der Waals surface area (Å²) in [7, 11) is -2.71. The Morgan fingerprint density at radius 1 is 1.14 bits per heavy atom. The van der Waals surface area contributed by atoms with Crippen molar-refractivity contribution in [1.82, 2.24) is 0 Å². The van der Waals surface area contributed by atoms with Crippen molar-refractivity contribution in [3.05, 3.63) is 33.9 Å². The van der Waals surface area contributed by atoms with Crippen LogP contribution in [0, 0.1) is 37.5 Å². The van der Waals surface area contributed by atoms with Gasteiger partial charge in [-0.3, -0.25) is 13.9 Å². The zero-order valence-electron chi connectivity index (χ0n) is 17.7. The van der Waals surface area contributed by atoms with Gasteiger partial charge in [-0.25, -0.2) is 0 Å². The van der Waals surface area contributed by atoms with E-state index < -0.39 is 10.4 Å². The molecule has 156 valence electrons. The number of nitrogens with one attached hydrogen (secondary N) is 1. The van der Waals surface area contributed by atoms with Crippen LogP contribution < -0.4 is 5.32 Å². The lowest BCUT2D eigenvalue weighted by Crippen LogP contribution is -2.32. The largest absolute Gasteiger partial charge is 0.394 e. The van der Waals surface area contributed by atoms with E-state index in [0.717, 1.165) is 18.4 Å². The van der Waals surface area contributed by atoms with E-state index in [9.17, 15) is 4.79 Å². The molecular formula is C21H31NO5S. The van der Waals surface area contributed by atoms with E-state index in [1.807, 2.05) is 7.05 Å². The van der Waals surface area contributed by atoms with Gasteiger partial charge in [0.1, 0.15) is 0 Å². The summed E-state index contributed by atoms with van der Waals surface area (Å²) in [5.74, 6) is 0.788. The van der Waals surface area contributed by atoms with Crippen molar-refractivity contribution in [2.24, 2.45) is 16.7 Å². The summed E-state index contributed by atoms with van der Waals surface area (Å²) in [6.07, 6.45) is 4.39. The number of fused-ring (bicyclic) bond motifs is 2. The van der Waals surface area contributed by atoms with Crippen molar-refractivity contribution in [1.29, 1.82) is 0 Å². The average molecular weight is 410 g/mol. The molecule has 28 heavy (non-hydrogen) atoms. The van der Waals surface area contributed by atoms with Crippen LogP contribution in [0.1, 0.15) is 55.9 Å². The van der Waals surface area contributed by atoms with Crippen molar-refractivity contribution in [2.45, 2.75) is 54.4 Å². The van der Waals surface area contributed by atoms with Gasteiger partial charge < -0.3 is 5.32 Å². The molecule has 2 bridgehead atoms. The van der Waals surface area contributed by atoms with Crippen molar-refractivity contribution >= 4 is 27.9 Å². The Morgan fingerprint density at radius 3 is 2.11 bits per heavy atom. The predicted molar refractivity (Wildman–Crippen MR) is 112 cm³/mol. The molecule has 7 heteroatoms. The second kappa shape index (κ2) is 7.28. The lowest BCUT2D eigenvalue weighted by molar-refractivity contribution is -0.125. The van der Waals surface area contributed by atoms with Crippen LogP contribution >= 0.6 is 0 Å². The highest BCUT2D eigenvalue weighted by Crippen LogP contribution is 2.65. The molecule has 2 fully saturated rings. The SMILES string of the molecule is CNc1cc(C)c(C=C2C(=O)C3(C)CCC2C3(C)C)c(C)c1C.O=S(=O)(O)O. The highest BCUT2D eigenvalue weighted by molar-refractivity contribution is 7.79. The number of aryl methyl sites for hydroxylation is 1. The minimum Gasteiger partial charge on any atom is -0.388 e. The maximum absolute atomic E-state index is 13.1. The van der Waals surface area contributed by atoms with E-state index in [1.54, 1.807) is 0 Å². The minimum absolute atomic E-state index is 0.0810. The van der Waals surface area contributed by atoms with E-state index in [4.69, 9.17) is 17.5 Å². The molecule has 1 aromatic carbocycles. The van der Waals surface area contributed by atoms with Crippen LogP contribution in [0.4, 0.5) is 5.69 Å². The van der Waals surface area contributed by atoms with E-state index >= 15 is 0 Å². The van der Waals surface area contributed by atoms with E-state index in [1.165, 1.54) is 27.9 Å². The molecular weight excluding hydrogens is 378 g/mol. The monoisotopic (exact) mass is 409 g/mol. The Balaban J connectivity index is 0.000000500. The third kappa shape index (κ3) is 3.75. The molecule has 0 radical (unpaired) electrons. The molecule has 2 unspecified atom stereocenters. The van der Waals surface area contributed by atoms with Crippen LogP contribution in [0.15, 0.2) is 11.6 Å². The smallest absolute Gasteiger partial charge is 0.388 e. The third-order valence-electron chi connectivity index (χ3n) is 7.09. The average Bonchev–Trinajstić information content (AvgIpc) is 2.86. The zero-order valence-corrected chi connectivity index (χ0v) is 18.5. The normalized spacial score (nSPS) is 27.0. The third-order valence-corrected chi connectivity index (χ3v) is 7.09. The molecule has 0 saturated heterocycles. The molecule has 3 rings (SSSR count). The highest BCUT2D eigenvalue weighted by Gasteiger charge is 2.63. The van der Waals surface area contributed by atoms with Crippen molar-refractivity contribution < 1.29 is 22.3 Å². The number of Topliss-reactive ketones (excluding diaryl/α,β-unsaturated/α-hetero) is 1. The van der Waals surface area contributed by atoms with Gasteiger partial charge in [-0.15, -0.1) is 0 Å². The number of benzene rings is 1. The molecule has 3 N–H and O–H groups in total. The fourth-order valence-corrected chi connectivity index (χ4v) is 4.83. The number of carbonyl (C=O) groups excluding carboxylic acids is 1. The fourth-order valence-electron chi connectivity index (χ4n) is 4.83. The van der Waals surface area contributed by atoms with E-state index in [2.05, 4.69) is 59.0 Å². The first-order chi connectivity index (χ1) is 12.6. The Morgan fingerprint density at radius 2 is 1.68 bits per heavy atom. The summed E-state index contributed by atoms with van der Waals surface area (Å²) in [5.41, 5.74) is 7.16. The van der Waals surface area contributed by atoms with Crippen molar-refractivity contribution in [3.8, 4) is 0 Å².